The molecular formula is C13H13Cl2NO2. The molecule has 0 spiro atoms. The minimum atomic E-state index is -0.955. The quantitative estimate of drug-likeness (QED) is 0.917. The number of aromatic nitrogens is 1. The van der Waals surface area contributed by atoms with Gasteiger partial charge in [-0.25, -0.2) is 4.79 Å². The number of carboxylic acid groups (broad SMARTS) is 1. The molecule has 5 heteroatoms. The lowest BCUT2D eigenvalue weighted by Gasteiger charge is -2.04. The van der Waals surface area contributed by atoms with Gasteiger partial charge in [0.1, 0.15) is 0 Å². The highest BCUT2D eigenvalue weighted by Gasteiger charge is 2.11. The van der Waals surface area contributed by atoms with Crippen molar-refractivity contribution in [3.05, 3.63) is 53.7 Å². The summed E-state index contributed by atoms with van der Waals surface area (Å²) in [4.78, 5) is 15.1. The largest absolute Gasteiger partial charge is 0.478 e. The molecule has 0 saturated heterocycles. The number of hydrogen-bond acceptors (Lipinski definition) is 2. The Hall–Kier alpha value is -1.58. The first-order valence-corrected chi connectivity index (χ1v) is 4.94. The van der Waals surface area contributed by atoms with Gasteiger partial charge in [-0.2, -0.15) is 0 Å². The lowest BCUT2D eigenvalue weighted by molar-refractivity contribution is 0.0697. The number of halogens is 2. The van der Waals surface area contributed by atoms with Crippen LogP contribution in [-0.4, -0.2) is 16.1 Å². The zero-order valence-corrected chi connectivity index (χ0v) is 11.3. The van der Waals surface area contributed by atoms with Crippen molar-refractivity contribution in [2.75, 3.05) is 0 Å². The molecule has 0 unspecified atom stereocenters. The van der Waals surface area contributed by atoms with Crippen molar-refractivity contribution in [2.24, 2.45) is 0 Å². The van der Waals surface area contributed by atoms with Crippen LogP contribution >= 0.6 is 24.8 Å². The highest BCUT2D eigenvalue weighted by molar-refractivity contribution is 5.94. The highest BCUT2D eigenvalue weighted by Crippen LogP contribution is 2.21. The lowest BCUT2D eigenvalue weighted by Crippen LogP contribution is -2.00. The van der Waals surface area contributed by atoms with Crippen molar-refractivity contribution < 1.29 is 9.90 Å². The number of rotatable bonds is 2. The van der Waals surface area contributed by atoms with E-state index in [1.54, 1.807) is 18.3 Å². The topological polar surface area (TPSA) is 50.2 Å². The minimum absolute atomic E-state index is 0. The van der Waals surface area contributed by atoms with Crippen LogP contribution in [0.1, 0.15) is 15.9 Å². The van der Waals surface area contributed by atoms with Crippen molar-refractivity contribution >= 4 is 30.8 Å². The van der Waals surface area contributed by atoms with Gasteiger partial charge in [0.15, 0.2) is 0 Å². The number of benzene rings is 1. The molecule has 1 N–H and O–H groups in total. The molecule has 2 rings (SSSR count). The van der Waals surface area contributed by atoms with E-state index in [2.05, 4.69) is 4.98 Å². The van der Waals surface area contributed by atoms with Gasteiger partial charge in [0.05, 0.1) is 11.3 Å². The Balaban J connectivity index is 0.00000144. The SMILES string of the molecule is Cc1ccc(-c2ncccc2C(=O)O)cc1.Cl.Cl. The first-order chi connectivity index (χ1) is 7.68. The van der Waals surface area contributed by atoms with Gasteiger partial charge in [0.2, 0.25) is 0 Å². The van der Waals surface area contributed by atoms with Crippen molar-refractivity contribution in [3.63, 3.8) is 0 Å². The summed E-state index contributed by atoms with van der Waals surface area (Å²) in [6.07, 6.45) is 1.60. The van der Waals surface area contributed by atoms with Crippen molar-refractivity contribution in [1.82, 2.24) is 4.98 Å². The molecule has 3 nitrogen and oxygen atoms in total. The second kappa shape index (κ2) is 6.99. The van der Waals surface area contributed by atoms with Gasteiger partial charge < -0.3 is 5.11 Å². The van der Waals surface area contributed by atoms with Gasteiger partial charge in [-0.15, -0.1) is 24.8 Å². The number of hydrogen-bond donors (Lipinski definition) is 1. The van der Waals surface area contributed by atoms with E-state index in [1.807, 2.05) is 31.2 Å². The average Bonchev–Trinajstić information content (AvgIpc) is 2.30. The molecular weight excluding hydrogens is 273 g/mol. The second-order valence-electron chi connectivity index (χ2n) is 3.57. The Morgan fingerprint density at radius 2 is 1.72 bits per heavy atom. The summed E-state index contributed by atoms with van der Waals surface area (Å²) in [5.41, 5.74) is 2.70. The zero-order chi connectivity index (χ0) is 11.5. The maximum atomic E-state index is 11.0. The number of nitrogens with zero attached hydrogens (tertiary/aromatic N) is 1. The summed E-state index contributed by atoms with van der Waals surface area (Å²) in [7, 11) is 0. The Morgan fingerprint density at radius 3 is 2.28 bits per heavy atom. The first kappa shape index (κ1) is 16.4. The Kier molecular flexibility index (Phi) is 6.37. The van der Waals surface area contributed by atoms with Gasteiger partial charge in [-0.1, -0.05) is 29.8 Å². The summed E-state index contributed by atoms with van der Waals surface area (Å²) in [6.45, 7) is 1.99. The van der Waals surface area contributed by atoms with Crippen molar-refractivity contribution in [3.8, 4) is 11.3 Å². The molecule has 0 atom stereocenters. The van der Waals surface area contributed by atoms with Gasteiger partial charge >= 0.3 is 5.97 Å². The van der Waals surface area contributed by atoms with Crippen LogP contribution in [0, 0.1) is 6.92 Å². The average molecular weight is 286 g/mol. The molecule has 0 aliphatic rings. The molecule has 1 heterocycles. The fraction of sp³-hybridized carbons (Fsp3) is 0.0769. The third kappa shape index (κ3) is 3.45. The molecule has 0 saturated carbocycles. The summed E-state index contributed by atoms with van der Waals surface area (Å²) in [5, 5.41) is 9.04. The van der Waals surface area contributed by atoms with E-state index in [4.69, 9.17) is 5.11 Å². The van der Waals surface area contributed by atoms with Crippen LogP contribution in [0.5, 0.6) is 0 Å². The van der Waals surface area contributed by atoms with Gasteiger partial charge in [-0.3, -0.25) is 4.98 Å². The molecule has 18 heavy (non-hydrogen) atoms. The van der Waals surface area contributed by atoms with E-state index in [0.717, 1.165) is 11.1 Å². The van der Waals surface area contributed by atoms with Gasteiger partial charge in [0, 0.05) is 11.8 Å². The third-order valence-electron chi connectivity index (χ3n) is 2.36. The molecule has 0 bridgehead atoms. The molecule has 0 fully saturated rings. The zero-order valence-electron chi connectivity index (χ0n) is 9.66. The van der Waals surface area contributed by atoms with E-state index in [0.29, 0.717) is 5.69 Å². The Bertz CT molecular complexity index is 527. The Morgan fingerprint density at radius 1 is 1.11 bits per heavy atom. The predicted octanol–water partition coefficient (Wildman–Crippen LogP) is 3.60. The van der Waals surface area contributed by atoms with Crippen LogP contribution in [0.3, 0.4) is 0 Å². The number of aromatic carboxylic acids is 1. The number of carboxylic acids is 1. The predicted molar refractivity (Wildman–Crippen MR) is 75.9 cm³/mol. The lowest BCUT2D eigenvalue weighted by atomic mass is 10.0. The summed E-state index contributed by atoms with van der Waals surface area (Å²) in [5.74, 6) is -0.955. The molecule has 0 aliphatic heterocycles. The second-order valence-corrected chi connectivity index (χ2v) is 3.57. The van der Waals surface area contributed by atoms with Crippen molar-refractivity contribution in [2.45, 2.75) is 6.92 Å². The molecule has 0 radical (unpaired) electrons. The Labute approximate surface area is 118 Å². The molecule has 96 valence electrons. The van der Waals surface area contributed by atoms with E-state index >= 15 is 0 Å². The molecule has 2 aromatic rings. The summed E-state index contributed by atoms with van der Waals surface area (Å²) >= 11 is 0. The fourth-order valence-electron chi connectivity index (χ4n) is 1.52. The molecule has 1 aromatic heterocycles. The smallest absolute Gasteiger partial charge is 0.337 e. The molecule has 1 aromatic carbocycles. The van der Waals surface area contributed by atoms with E-state index in [9.17, 15) is 4.79 Å². The third-order valence-corrected chi connectivity index (χ3v) is 2.36. The fourth-order valence-corrected chi connectivity index (χ4v) is 1.52. The normalized spacial score (nSPS) is 8.94. The maximum Gasteiger partial charge on any atom is 0.337 e. The van der Waals surface area contributed by atoms with Gasteiger partial charge in [-0.05, 0) is 19.1 Å². The standard InChI is InChI=1S/C13H11NO2.2ClH/c1-9-4-6-10(7-5-9)12-11(13(15)16)3-2-8-14-12;;/h2-8H,1H3,(H,15,16);2*1H. The highest BCUT2D eigenvalue weighted by atomic mass is 35.5. The number of aryl methyl sites for hydroxylation is 1. The van der Waals surface area contributed by atoms with Crippen LogP contribution in [0.15, 0.2) is 42.6 Å². The van der Waals surface area contributed by atoms with Crippen LogP contribution in [0.2, 0.25) is 0 Å². The van der Waals surface area contributed by atoms with E-state index in [1.165, 1.54) is 0 Å². The van der Waals surface area contributed by atoms with Crippen LogP contribution in [0.25, 0.3) is 11.3 Å². The number of carbonyl (C=O) groups is 1. The van der Waals surface area contributed by atoms with Crippen molar-refractivity contribution in [1.29, 1.82) is 0 Å². The van der Waals surface area contributed by atoms with Crippen LogP contribution in [-0.2, 0) is 0 Å². The minimum Gasteiger partial charge on any atom is -0.478 e. The van der Waals surface area contributed by atoms with E-state index in [-0.39, 0.29) is 30.4 Å². The molecule has 0 aliphatic carbocycles. The first-order valence-electron chi connectivity index (χ1n) is 4.94. The van der Waals surface area contributed by atoms with Crippen LogP contribution in [0.4, 0.5) is 0 Å². The summed E-state index contributed by atoms with van der Waals surface area (Å²) in [6, 6.07) is 10.8. The van der Waals surface area contributed by atoms with E-state index < -0.39 is 5.97 Å². The number of pyridine rings is 1. The maximum absolute atomic E-state index is 11.0. The summed E-state index contributed by atoms with van der Waals surface area (Å²) < 4.78 is 0. The van der Waals surface area contributed by atoms with Gasteiger partial charge in [0.25, 0.3) is 0 Å². The molecule has 0 amide bonds. The monoisotopic (exact) mass is 285 g/mol. The van der Waals surface area contributed by atoms with Crippen LogP contribution < -0.4 is 0 Å².